The van der Waals surface area contributed by atoms with Crippen molar-refractivity contribution in [1.82, 2.24) is 9.78 Å². The minimum Gasteiger partial charge on any atom is -0.463 e. The lowest BCUT2D eigenvalue weighted by molar-refractivity contribution is -0.138. The highest BCUT2D eigenvalue weighted by Gasteiger charge is 2.38. The van der Waals surface area contributed by atoms with Gasteiger partial charge >= 0.3 is 12.1 Å². The highest BCUT2D eigenvalue weighted by molar-refractivity contribution is 6.31. The number of hydrogen-bond acceptors (Lipinski definition) is 6. The van der Waals surface area contributed by atoms with Crippen molar-refractivity contribution in [3.05, 3.63) is 57.9 Å². The van der Waals surface area contributed by atoms with Gasteiger partial charge in [-0.05, 0) is 31.4 Å². The lowest BCUT2D eigenvalue weighted by atomic mass is 9.82. The van der Waals surface area contributed by atoms with E-state index in [1.165, 1.54) is 4.68 Å². The Morgan fingerprint density at radius 3 is 2.57 bits per heavy atom. The first kappa shape index (κ1) is 21.9. The smallest absolute Gasteiger partial charge is 0.436 e. The molecular weight excluding hydrogens is 406 g/mol. The van der Waals surface area contributed by atoms with Crippen molar-refractivity contribution in [3.63, 3.8) is 0 Å². The zero-order chi connectivity index (χ0) is 21.7. The maximum atomic E-state index is 13.0. The van der Waals surface area contributed by atoms with Gasteiger partial charge in [0.15, 0.2) is 0 Å². The molecule has 0 saturated carbocycles. The average molecular weight is 432 g/mol. The van der Waals surface area contributed by atoms with Gasteiger partial charge in [0.1, 0.15) is 5.82 Å². The number of nitrogens with one attached hydrogen (secondary N) is 1. The van der Waals surface area contributed by atoms with Gasteiger partial charge in [-0.2, -0.15) is 5.10 Å². The second kappa shape index (κ2) is 9.80. The van der Waals surface area contributed by atoms with Crippen LogP contribution in [-0.4, -0.2) is 35.1 Å². The monoisotopic (exact) mass is 431 g/mol. The molecule has 1 aliphatic heterocycles. The molecule has 0 spiro atoms. The van der Waals surface area contributed by atoms with Crippen molar-refractivity contribution < 1.29 is 19.1 Å². The third-order valence-electron chi connectivity index (χ3n) is 4.81. The Bertz CT molecular complexity index is 967. The summed E-state index contributed by atoms with van der Waals surface area (Å²) in [6.45, 7) is 6.26. The number of rotatable bonds is 7. The third kappa shape index (κ3) is 4.21. The van der Waals surface area contributed by atoms with Crippen LogP contribution in [-0.2, 0) is 14.3 Å². The van der Waals surface area contributed by atoms with Gasteiger partial charge in [-0.15, -0.1) is 4.68 Å². The van der Waals surface area contributed by atoms with Crippen LogP contribution in [0.25, 0.3) is 0 Å². The molecule has 3 rings (SSSR count). The molecule has 1 atom stereocenters. The number of carbonyl (C=O) groups is 2. The Morgan fingerprint density at radius 2 is 1.90 bits per heavy atom. The first-order valence-corrected chi connectivity index (χ1v) is 10.6. The number of fused-ring (bicyclic) bond motifs is 1. The van der Waals surface area contributed by atoms with E-state index in [9.17, 15) is 9.59 Å². The first-order valence-electron chi connectivity index (χ1n) is 10.2. The maximum Gasteiger partial charge on any atom is 0.436 e. The number of nitrogens with zero attached hydrogens (tertiary/aromatic N) is 2. The Labute approximate surface area is 181 Å². The van der Waals surface area contributed by atoms with E-state index in [-0.39, 0.29) is 6.61 Å². The van der Waals surface area contributed by atoms with Gasteiger partial charge in [0.25, 0.3) is 0 Å². The maximum absolute atomic E-state index is 13.0. The average Bonchev–Trinajstić information content (AvgIpc) is 3.15. The summed E-state index contributed by atoms with van der Waals surface area (Å²) in [6.07, 6.45) is 3.11. The highest BCUT2D eigenvalue weighted by atomic mass is 35.5. The molecule has 1 aliphatic rings. The van der Waals surface area contributed by atoms with E-state index in [2.05, 4.69) is 10.4 Å². The van der Waals surface area contributed by atoms with Crippen LogP contribution in [0, 0.1) is 0 Å². The SMILES string of the molecule is CCCOC(=O)n1ncc2c1NC(CCC)=C(C(=O)OCC)C2c1ccccc1Cl. The number of carbonyl (C=O) groups excluding carboxylic acids is 2. The normalized spacial score (nSPS) is 15.4. The number of benzene rings is 1. The van der Waals surface area contributed by atoms with Crippen molar-refractivity contribution in [2.24, 2.45) is 0 Å². The predicted molar refractivity (Wildman–Crippen MR) is 115 cm³/mol. The molecule has 2 heterocycles. The summed E-state index contributed by atoms with van der Waals surface area (Å²) in [6, 6.07) is 7.35. The fourth-order valence-electron chi connectivity index (χ4n) is 3.56. The molecule has 0 bridgehead atoms. The lowest BCUT2D eigenvalue weighted by Gasteiger charge is -2.29. The van der Waals surface area contributed by atoms with Crippen LogP contribution in [0.15, 0.2) is 41.7 Å². The summed E-state index contributed by atoms with van der Waals surface area (Å²) < 4.78 is 11.8. The third-order valence-corrected chi connectivity index (χ3v) is 5.15. The second-order valence-electron chi connectivity index (χ2n) is 6.92. The first-order chi connectivity index (χ1) is 14.5. The molecule has 160 valence electrons. The van der Waals surface area contributed by atoms with Gasteiger partial charge in [0.05, 0.1) is 25.0 Å². The van der Waals surface area contributed by atoms with E-state index in [0.717, 1.165) is 12.0 Å². The van der Waals surface area contributed by atoms with Crippen LogP contribution in [0.3, 0.4) is 0 Å². The van der Waals surface area contributed by atoms with E-state index in [1.54, 1.807) is 19.2 Å². The number of ether oxygens (including phenoxy) is 2. The van der Waals surface area contributed by atoms with Gasteiger partial charge in [-0.25, -0.2) is 9.59 Å². The van der Waals surface area contributed by atoms with Gasteiger partial charge in [-0.3, -0.25) is 0 Å². The summed E-state index contributed by atoms with van der Waals surface area (Å²) in [5.74, 6) is -0.439. The molecule has 1 aromatic heterocycles. The standard InChI is InChI=1S/C22H26ClN3O4/c1-4-9-17-19(21(27)29-6-3)18(14-10-7-8-11-16(14)23)15-13-24-26(20(15)25-17)22(28)30-12-5-2/h7-8,10-11,13,18,25H,4-6,9,12H2,1-3H3. The molecule has 0 radical (unpaired) electrons. The summed E-state index contributed by atoms with van der Waals surface area (Å²) in [4.78, 5) is 25.5. The fraction of sp³-hybridized carbons (Fsp3) is 0.409. The van der Waals surface area contributed by atoms with Gasteiger partial charge in [0, 0.05) is 22.2 Å². The van der Waals surface area contributed by atoms with Crippen LogP contribution >= 0.6 is 11.6 Å². The molecule has 1 unspecified atom stereocenters. The summed E-state index contributed by atoms with van der Waals surface area (Å²) >= 11 is 6.52. The van der Waals surface area contributed by atoms with Crippen molar-refractivity contribution in [3.8, 4) is 0 Å². The Balaban J connectivity index is 2.19. The van der Waals surface area contributed by atoms with Crippen LogP contribution in [0.5, 0.6) is 0 Å². The van der Waals surface area contributed by atoms with Crippen molar-refractivity contribution in [2.45, 2.75) is 46.0 Å². The number of halogens is 1. The minimum atomic E-state index is -0.570. The van der Waals surface area contributed by atoms with Gasteiger partial charge in [0.2, 0.25) is 0 Å². The number of anilines is 1. The molecule has 8 heteroatoms. The van der Waals surface area contributed by atoms with Gasteiger partial charge in [-0.1, -0.05) is 50.1 Å². The molecule has 7 nitrogen and oxygen atoms in total. The van der Waals surface area contributed by atoms with Crippen molar-refractivity contribution in [2.75, 3.05) is 18.5 Å². The van der Waals surface area contributed by atoms with E-state index >= 15 is 0 Å². The van der Waals surface area contributed by atoms with E-state index < -0.39 is 18.0 Å². The number of esters is 1. The molecule has 1 aromatic carbocycles. The lowest BCUT2D eigenvalue weighted by Crippen LogP contribution is -2.27. The van der Waals surface area contributed by atoms with Crippen LogP contribution in [0.1, 0.15) is 57.1 Å². The number of aromatic nitrogens is 2. The second-order valence-corrected chi connectivity index (χ2v) is 7.32. The summed E-state index contributed by atoms with van der Waals surface area (Å²) in [5, 5.41) is 8.02. The fourth-order valence-corrected chi connectivity index (χ4v) is 3.80. The number of hydrogen-bond donors (Lipinski definition) is 1. The molecule has 30 heavy (non-hydrogen) atoms. The summed E-state index contributed by atoms with van der Waals surface area (Å²) in [7, 11) is 0. The summed E-state index contributed by atoms with van der Waals surface area (Å²) in [5.41, 5.74) is 2.60. The van der Waals surface area contributed by atoms with Crippen molar-refractivity contribution >= 4 is 29.5 Å². The number of allylic oxidation sites excluding steroid dienone is 1. The zero-order valence-corrected chi connectivity index (χ0v) is 18.2. The van der Waals surface area contributed by atoms with Crippen molar-refractivity contribution in [1.29, 1.82) is 0 Å². The molecule has 0 fully saturated rings. The zero-order valence-electron chi connectivity index (χ0n) is 17.4. The van der Waals surface area contributed by atoms with E-state index in [4.69, 9.17) is 21.1 Å². The molecule has 0 amide bonds. The molecular formula is C22H26ClN3O4. The largest absolute Gasteiger partial charge is 0.463 e. The predicted octanol–water partition coefficient (Wildman–Crippen LogP) is 5.11. The van der Waals surface area contributed by atoms with Gasteiger partial charge < -0.3 is 14.8 Å². The molecule has 2 aromatic rings. The highest BCUT2D eigenvalue weighted by Crippen LogP contribution is 2.45. The van der Waals surface area contributed by atoms with Crippen LogP contribution in [0.2, 0.25) is 5.02 Å². The topological polar surface area (TPSA) is 82.5 Å². The quantitative estimate of drug-likeness (QED) is 0.613. The van der Waals surface area contributed by atoms with E-state index in [1.807, 2.05) is 32.0 Å². The van der Waals surface area contributed by atoms with Crippen LogP contribution < -0.4 is 5.32 Å². The molecule has 1 N–H and O–H groups in total. The Kier molecular flexibility index (Phi) is 7.15. The van der Waals surface area contributed by atoms with E-state index in [0.29, 0.717) is 47.1 Å². The van der Waals surface area contributed by atoms with Crippen LogP contribution in [0.4, 0.5) is 10.6 Å². The molecule has 0 saturated heterocycles. The Hall–Kier alpha value is -2.80. The minimum absolute atomic E-state index is 0.256. The molecule has 0 aliphatic carbocycles. The Morgan fingerprint density at radius 1 is 1.13 bits per heavy atom.